The summed E-state index contributed by atoms with van der Waals surface area (Å²) in [6.45, 7) is 0. The number of alkyl halides is 1. The monoisotopic (exact) mass is 354 g/mol. The first kappa shape index (κ1) is 13.0. The Morgan fingerprint density at radius 1 is 1.40 bits per heavy atom. The number of rotatable bonds is 4. The molecule has 1 rings (SSSR count). The van der Waals surface area contributed by atoms with Gasteiger partial charge in [-0.15, -0.1) is 11.6 Å². The van der Waals surface area contributed by atoms with Gasteiger partial charge in [-0.25, -0.2) is 0 Å². The van der Waals surface area contributed by atoms with Crippen molar-refractivity contribution in [1.82, 2.24) is 0 Å². The van der Waals surface area contributed by atoms with Crippen molar-refractivity contribution in [3.63, 3.8) is 0 Å². The molecule has 82 valence electrons. The second-order valence-corrected chi connectivity index (χ2v) is 4.99. The highest BCUT2D eigenvalue weighted by Crippen LogP contribution is 2.28. The molecule has 1 aromatic rings. The van der Waals surface area contributed by atoms with Gasteiger partial charge >= 0.3 is 5.97 Å². The van der Waals surface area contributed by atoms with Gasteiger partial charge in [-0.3, -0.25) is 4.79 Å². The van der Waals surface area contributed by atoms with Crippen LogP contribution in [0.1, 0.15) is 12.8 Å². The lowest BCUT2D eigenvalue weighted by atomic mass is 10.3. The second kappa shape index (κ2) is 6.51. The first-order valence-corrected chi connectivity index (χ1v) is 6.47. The first-order chi connectivity index (χ1) is 7.13. The van der Waals surface area contributed by atoms with Crippen LogP contribution >= 0.6 is 43.5 Å². The molecule has 0 heterocycles. The Balaban J connectivity index is 2.60. The van der Waals surface area contributed by atoms with E-state index >= 15 is 0 Å². The highest BCUT2D eigenvalue weighted by atomic mass is 79.9. The van der Waals surface area contributed by atoms with Gasteiger partial charge in [-0.2, -0.15) is 0 Å². The van der Waals surface area contributed by atoms with Crippen molar-refractivity contribution in [1.29, 1.82) is 0 Å². The lowest BCUT2D eigenvalue weighted by Crippen LogP contribution is -2.08. The van der Waals surface area contributed by atoms with E-state index in [1.807, 2.05) is 12.1 Å². The number of ether oxygens (including phenoxy) is 1. The number of hydrogen-bond donors (Lipinski definition) is 0. The first-order valence-electron chi connectivity index (χ1n) is 4.35. The molecule has 0 atom stereocenters. The van der Waals surface area contributed by atoms with E-state index in [-0.39, 0.29) is 5.97 Å². The molecule has 0 saturated heterocycles. The third-order valence-electron chi connectivity index (χ3n) is 1.63. The Morgan fingerprint density at radius 2 is 2.13 bits per heavy atom. The maximum Gasteiger partial charge on any atom is 0.311 e. The largest absolute Gasteiger partial charge is 0.425 e. The molecule has 0 saturated carbocycles. The molecule has 5 heteroatoms. The fourth-order valence-corrected chi connectivity index (χ4v) is 2.20. The van der Waals surface area contributed by atoms with Gasteiger partial charge in [-0.1, -0.05) is 15.9 Å². The molecule has 0 amide bonds. The number of carbonyl (C=O) groups is 1. The van der Waals surface area contributed by atoms with E-state index in [0.717, 1.165) is 8.95 Å². The summed E-state index contributed by atoms with van der Waals surface area (Å²) >= 11 is 12.1. The zero-order chi connectivity index (χ0) is 11.3. The minimum atomic E-state index is -0.265. The fraction of sp³-hybridized carbons (Fsp3) is 0.300. The van der Waals surface area contributed by atoms with E-state index in [9.17, 15) is 4.79 Å². The molecular formula is C10H9Br2ClO2. The molecule has 0 aliphatic heterocycles. The van der Waals surface area contributed by atoms with Gasteiger partial charge in [-0.05, 0) is 40.5 Å². The van der Waals surface area contributed by atoms with E-state index in [2.05, 4.69) is 31.9 Å². The predicted octanol–water partition coefficient (Wildman–Crippen LogP) is 4.14. The Morgan fingerprint density at radius 3 is 2.73 bits per heavy atom. The van der Waals surface area contributed by atoms with Crippen LogP contribution in [0.4, 0.5) is 0 Å². The van der Waals surface area contributed by atoms with Crippen LogP contribution in [-0.2, 0) is 4.79 Å². The lowest BCUT2D eigenvalue weighted by molar-refractivity contribution is -0.134. The molecule has 0 fully saturated rings. The average Bonchev–Trinajstić information content (AvgIpc) is 2.19. The van der Waals surface area contributed by atoms with Crippen molar-refractivity contribution >= 4 is 49.4 Å². The van der Waals surface area contributed by atoms with Gasteiger partial charge in [0.25, 0.3) is 0 Å². The van der Waals surface area contributed by atoms with Crippen LogP contribution in [0.15, 0.2) is 27.1 Å². The summed E-state index contributed by atoms with van der Waals surface area (Å²) in [7, 11) is 0. The topological polar surface area (TPSA) is 26.3 Å². The van der Waals surface area contributed by atoms with Gasteiger partial charge in [0.1, 0.15) is 5.75 Å². The van der Waals surface area contributed by atoms with E-state index in [4.69, 9.17) is 16.3 Å². The van der Waals surface area contributed by atoms with E-state index in [1.165, 1.54) is 0 Å². The minimum Gasteiger partial charge on any atom is -0.425 e. The standard InChI is InChI=1S/C10H9Br2ClO2/c11-7-3-4-9(8(12)6-7)15-10(14)2-1-5-13/h3-4,6H,1-2,5H2. The number of hydrogen-bond acceptors (Lipinski definition) is 2. The molecule has 0 radical (unpaired) electrons. The zero-order valence-corrected chi connectivity index (χ0v) is 11.7. The molecule has 0 bridgehead atoms. The average molecular weight is 356 g/mol. The summed E-state index contributed by atoms with van der Waals surface area (Å²) in [5.41, 5.74) is 0. The molecule has 0 aliphatic carbocycles. The summed E-state index contributed by atoms with van der Waals surface area (Å²) in [5.74, 6) is 0.729. The molecule has 0 unspecified atom stereocenters. The van der Waals surface area contributed by atoms with E-state index < -0.39 is 0 Å². The third kappa shape index (κ3) is 4.53. The molecule has 1 aromatic carbocycles. The van der Waals surface area contributed by atoms with E-state index in [0.29, 0.717) is 24.5 Å². The summed E-state index contributed by atoms with van der Waals surface area (Å²) in [4.78, 5) is 11.3. The van der Waals surface area contributed by atoms with E-state index in [1.54, 1.807) is 6.07 Å². The van der Waals surface area contributed by atoms with Crippen LogP contribution in [0.3, 0.4) is 0 Å². The van der Waals surface area contributed by atoms with Crippen molar-refractivity contribution < 1.29 is 9.53 Å². The Kier molecular flexibility index (Phi) is 5.64. The molecule has 0 N–H and O–H groups in total. The molecule has 2 nitrogen and oxygen atoms in total. The van der Waals surface area contributed by atoms with Gasteiger partial charge in [0, 0.05) is 16.8 Å². The summed E-state index contributed by atoms with van der Waals surface area (Å²) in [5, 5.41) is 0. The normalized spacial score (nSPS) is 10.1. The van der Waals surface area contributed by atoms with Crippen molar-refractivity contribution in [2.75, 3.05) is 5.88 Å². The van der Waals surface area contributed by atoms with Gasteiger partial charge < -0.3 is 4.74 Å². The molecular weight excluding hydrogens is 347 g/mol. The van der Waals surface area contributed by atoms with Crippen LogP contribution in [0.5, 0.6) is 5.75 Å². The third-order valence-corrected chi connectivity index (χ3v) is 3.01. The summed E-state index contributed by atoms with van der Waals surface area (Å²) in [6, 6.07) is 5.37. The summed E-state index contributed by atoms with van der Waals surface area (Å²) < 4.78 is 6.81. The van der Waals surface area contributed by atoms with Crippen LogP contribution in [0.2, 0.25) is 0 Å². The van der Waals surface area contributed by atoms with Crippen LogP contribution < -0.4 is 4.74 Å². The molecule has 15 heavy (non-hydrogen) atoms. The van der Waals surface area contributed by atoms with Gasteiger partial charge in [0.05, 0.1) is 4.47 Å². The smallest absolute Gasteiger partial charge is 0.311 e. The summed E-state index contributed by atoms with van der Waals surface area (Å²) in [6.07, 6.45) is 0.973. The van der Waals surface area contributed by atoms with Crippen LogP contribution in [0, 0.1) is 0 Å². The predicted molar refractivity (Wildman–Crippen MR) is 67.4 cm³/mol. The molecule has 0 spiro atoms. The Labute approximate surface area is 110 Å². The van der Waals surface area contributed by atoms with Crippen molar-refractivity contribution in [2.45, 2.75) is 12.8 Å². The zero-order valence-electron chi connectivity index (χ0n) is 7.80. The van der Waals surface area contributed by atoms with Crippen molar-refractivity contribution in [3.05, 3.63) is 27.1 Å². The quantitative estimate of drug-likeness (QED) is 0.460. The van der Waals surface area contributed by atoms with Gasteiger partial charge in [0.2, 0.25) is 0 Å². The fourth-order valence-electron chi connectivity index (χ4n) is 0.943. The highest BCUT2D eigenvalue weighted by molar-refractivity contribution is 9.11. The maximum absolute atomic E-state index is 11.3. The minimum absolute atomic E-state index is 0.265. The van der Waals surface area contributed by atoms with Crippen LogP contribution in [-0.4, -0.2) is 11.8 Å². The van der Waals surface area contributed by atoms with Gasteiger partial charge in [0.15, 0.2) is 0 Å². The second-order valence-electron chi connectivity index (χ2n) is 2.84. The van der Waals surface area contributed by atoms with Crippen LogP contribution in [0.25, 0.3) is 0 Å². The maximum atomic E-state index is 11.3. The number of esters is 1. The number of benzene rings is 1. The molecule has 0 aliphatic rings. The lowest BCUT2D eigenvalue weighted by Gasteiger charge is -2.05. The SMILES string of the molecule is O=C(CCCCl)Oc1ccc(Br)cc1Br. The molecule has 0 aromatic heterocycles. The number of carbonyl (C=O) groups excluding carboxylic acids is 1. The number of halogens is 3. The van der Waals surface area contributed by atoms with Crippen molar-refractivity contribution in [2.24, 2.45) is 0 Å². The highest BCUT2D eigenvalue weighted by Gasteiger charge is 2.07. The Hall–Kier alpha value is -0.0600. The van der Waals surface area contributed by atoms with Crippen molar-refractivity contribution in [3.8, 4) is 5.75 Å². The Bertz CT molecular complexity index is 355.